The first-order chi connectivity index (χ1) is 9.98. The highest BCUT2D eigenvalue weighted by Crippen LogP contribution is 2.33. The van der Waals surface area contributed by atoms with E-state index in [1.807, 2.05) is 18.2 Å². The average molecular weight is 309 g/mol. The minimum Gasteiger partial charge on any atom is -0.394 e. The molecule has 7 nitrogen and oxygen atoms in total. The highest BCUT2D eigenvalue weighted by atomic mass is 35.5. The monoisotopic (exact) mass is 308 g/mol. The van der Waals surface area contributed by atoms with Gasteiger partial charge in [0.2, 0.25) is 11.0 Å². The molecule has 2 rings (SSSR count). The second-order valence-electron chi connectivity index (χ2n) is 4.60. The topological polar surface area (TPSA) is 101 Å². The molecular weight excluding hydrogens is 296 g/mol. The summed E-state index contributed by atoms with van der Waals surface area (Å²) in [5.74, 6) is -0.0413. The van der Waals surface area contributed by atoms with E-state index < -0.39 is 16.1 Å². The van der Waals surface area contributed by atoms with Crippen LogP contribution >= 0.6 is 11.6 Å². The number of nitrogens with one attached hydrogen (secondary N) is 1. The summed E-state index contributed by atoms with van der Waals surface area (Å²) in [6.07, 6.45) is 1.13. The van der Waals surface area contributed by atoms with Gasteiger partial charge in [-0.1, -0.05) is 41.9 Å². The van der Waals surface area contributed by atoms with Crippen LogP contribution in [0.15, 0.2) is 36.7 Å². The lowest BCUT2D eigenvalue weighted by Crippen LogP contribution is -2.36. The van der Waals surface area contributed by atoms with Gasteiger partial charge < -0.3 is 10.4 Å². The fourth-order valence-electron chi connectivity index (χ4n) is 1.88. The average Bonchev–Trinajstić information content (AvgIpc) is 2.47. The molecule has 0 aliphatic rings. The van der Waals surface area contributed by atoms with E-state index in [1.54, 1.807) is 19.1 Å². The number of aromatic nitrogens is 2. The Kier molecular flexibility index (Phi) is 4.35. The molecule has 0 radical (unpaired) electrons. The van der Waals surface area contributed by atoms with Crippen molar-refractivity contribution in [3.8, 4) is 0 Å². The van der Waals surface area contributed by atoms with Crippen molar-refractivity contribution in [2.75, 3.05) is 11.9 Å². The molecule has 1 aromatic carbocycles. The normalized spacial score (nSPS) is 13.5. The lowest BCUT2D eigenvalue weighted by atomic mass is 9.93. The second-order valence-corrected chi connectivity index (χ2v) is 4.96. The van der Waals surface area contributed by atoms with Gasteiger partial charge >= 0.3 is 5.69 Å². The molecule has 0 saturated heterocycles. The Morgan fingerprint density at radius 2 is 2.05 bits per heavy atom. The lowest BCUT2D eigenvalue weighted by molar-refractivity contribution is -0.384. The lowest BCUT2D eigenvalue weighted by Gasteiger charge is -2.29. The van der Waals surface area contributed by atoms with Gasteiger partial charge in [0.15, 0.2) is 0 Å². The third kappa shape index (κ3) is 3.09. The summed E-state index contributed by atoms with van der Waals surface area (Å²) in [6.45, 7) is 1.43. The predicted molar refractivity (Wildman–Crippen MR) is 78.2 cm³/mol. The number of anilines is 1. The molecule has 2 N–H and O–H groups in total. The number of aliphatic hydroxyl groups excluding tert-OH is 1. The summed E-state index contributed by atoms with van der Waals surface area (Å²) in [5, 5.41) is 23.4. The van der Waals surface area contributed by atoms with E-state index in [-0.39, 0.29) is 17.6 Å². The number of halogens is 1. The maximum Gasteiger partial charge on any atom is 0.348 e. The largest absolute Gasteiger partial charge is 0.394 e. The fraction of sp³-hybridized carbons (Fsp3) is 0.231. The van der Waals surface area contributed by atoms with Crippen LogP contribution in [0.4, 0.5) is 11.5 Å². The second kappa shape index (κ2) is 6.02. The SMILES string of the molecule is CC(CO)(Nc1ncnc(Cl)c1[N+](=O)[O-])c1ccccc1. The van der Waals surface area contributed by atoms with E-state index in [2.05, 4.69) is 15.3 Å². The Bertz CT molecular complexity index is 653. The summed E-state index contributed by atoms with van der Waals surface area (Å²) in [5.41, 5.74) is -0.602. The third-order valence-corrected chi connectivity index (χ3v) is 3.36. The Balaban J connectivity index is 2.45. The molecule has 0 bridgehead atoms. The van der Waals surface area contributed by atoms with Crippen molar-refractivity contribution in [3.63, 3.8) is 0 Å². The van der Waals surface area contributed by atoms with E-state index in [4.69, 9.17) is 11.6 Å². The van der Waals surface area contributed by atoms with Crippen molar-refractivity contribution in [1.29, 1.82) is 0 Å². The number of aliphatic hydroxyl groups is 1. The number of hydrogen-bond donors (Lipinski definition) is 2. The van der Waals surface area contributed by atoms with E-state index in [1.165, 1.54) is 0 Å². The first kappa shape index (κ1) is 15.1. The minimum atomic E-state index is -0.941. The van der Waals surface area contributed by atoms with Gasteiger partial charge in [0.1, 0.15) is 6.33 Å². The molecular formula is C13H13ClN4O3. The van der Waals surface area contributed by atoms with Gasteiger partial charge in [-0.3, -0.25) is 10.1 Å². The van der Waals surface area contributed by atoms with Crippen molar-refractivity contribution in [2.45, 2.75) is 12.5 Å². The van der Waals surface area contributed by atoms with Crippen molar-refractivity contribution in [3.05, 3.63) is 57.5 Å². The molecule has 1 aromatic heterocycles. The van der Waals surface area contributed by atoms with Crippen LogP contribution in [0.2, 0.25) is 5.15 Å². The van der Waals surface area contributed by atoms with Gasteiger partial charge in [-0.25, -0.2) is 9.97 Å². The molecule has 0 aliphatic heterocycles. The van der Waals surface area contributed by atoms with Crippen molar-refractivity contribution >= 4 is 23.1 Å². The quantitative estimate of drug-likeness (QED) is 0.499. The molecule has 110 valence electrons. The van der Waals surface area contributed by atoms with Gasteiger partial charge in [-0.15, -0.1) is 0 Å². The molecule has 8 heteroatoms. The summed E-state index contributed by atoms with van der Waals surface area (Å²) < 4.78 is 0. The van der Waals surface area contributed by atoms with Crippen LogP contribution < -0.4 is 5.32 Å². The molecule has 1 atom stereocenters. The number of rotatable bonds is 5. The summed E-state index contributed by atoms with van der Waals surface area (Å²) in [7, 11) is 0. The molecule has 21 heavy (non-hydrogen) atoms. The van der Waals surface area contributed by atoms with Crippen molar-refractivity contribution in [2.24, 2.45) is 0 Å². The van der Waals surface area contributed by atoms with E-state index in [0.717, 1.165) is 11.9 Å². The Labute approximate surface area is 125 Å². The smallest absolute Gasteiger partial charge is 0.348 e. The molecule has 0 aliphatic carbocycles. The molecule has 0 amide bonds. The van der Waals surface area contributed by atoms with Gasteiger partial charge in [0, 0.05) is 0 Å². The molecule has 0 spiro atoms. The number of nitrogens with zero attached hydrogens (tertiary/aromatic N) is 3. The number of hydrogen-bond acceptors (Lipinski definition) is 6. The summed E-state index contributed by atoms with van der Waals surface area (Å²) in [4.78, 5) is 17.9. The molecule has 0 fully saturated rings. The Morgan fingerprint density at radius 3 is 2.62 bits per heavy atom. The van der Waals surface area contributed by atoms with Crippen LogP contribution in [0.3, 0.4) is 0 Å². The molecule has 0 saturated carbocycles. The Morgan fingerprint density at radius 1 is 1.38 bits per heavy atom. The van der Waals surface area contributed by atoms with Crippen molar-refractivity contribution < 1.29 is 10.0 Å². The van der Waals surface area contributed by atoms with Crippen LogP contribution in [-0.2, 0) is 5.54 Å². The van der Waals surface area contributed by atoms with Crippen molar-refractivity contribution in [1.82, 2.24) is 9.97 Å². The summed E-state index contributed by atoms with van der Waals surface area (Å²) >= 11 is 5.75. The van der Waals surface area contributed by atoms with Crippen LogP contribution in [-0.4, -0.2) is 26.6 Å². The Hall–Kier alpha value is -2.25. The zero-order chi connectivity index (χ0) is 15.5. The van der Waals surface area contributed by atoms with Crippen LogP contribution in [0.25, 0.3) is 0 Å². The van der Waals surface area contributed by atoms with Crippen LogP contribution in [0.5, 0.6) is 0 Å². The summed E-state index contributed by atoms with van der Waals surface area (Å²) in [6, 6.07) is 9.07. The van der Waals surface area contributed by atoms with Gasteiger partial charge in [0.05, 0.1) is 17.1 Å². The van der Waals surface area contributed by atoms with Gasteiger partial charge in [0.25, 0.3) is 0 Å². The van der Waals surface area contributed by atoms with Crippen LogP contribution in [0.1, 0.15) is 12.5 Å². The zero-order valence-corrected chi connectivity index (χ0v) is 11.9. The van der Waals surface area contributed by atoms with E-state index in [0.29, 0.717) is 0 Å². The van der Waals surface area contributed by atoms with Gasteiger partial charge in [-0.05, 0) is 12.5 Å². The molecule has 2 aromatic rings. The maximum atomic E-state index is 11.1. The fourth-order valence-corrected chi connectivity index (χ4v) is 2.08. The van der Waals surface area contributed by atoms with E-state index >= 15 is 0 Å². The van der Waals surface area contributed by atoms with E-state index in [9.17, 15) is 15.2 Å². The first-order valence-corrected chi connectivity index (χ1v) is 6.45. The third-order valence-electron chi connectivity index (χ3n) is 3.08. The van der Waals surface area contributed by atoms with Crippen LogP contribution in [0, 0.1) is 10.1 Å². The number of benzene rings is 1. The maximum absolute atomic E-state index is 11.1. The van der Waals surface area contributed by atoms with Gasteiger partial charge in [-0.2, -0.15) is 0 Å². The first-order valence-electron chi connectivity index (χ1n) is 6.07. The highest BCUT2D eigenvalue weighted by Gasteiger charge is 2.31. The molecule has 1 unspecified atom stereocenters. The highest BCUT2D eigenvalue weighted by molar-refractivity contribution is 6.31. The number of nitro groups is 1. The standard InChI is InChI=1S/C13H13ClN4O3/c1-13(7-19,9-5-3-2-4-6-9)17-12-10(18(20)21)11(14)15-8-16-12/h2-6,8,19H,7H2,1H3,(H,15,16,17). The molecule has 1 heterocycles. The zero-order valence-electron chi connectivity index (χ0n) is 11.2. The predicted octanol–water partition coefficient (Wildman–Crippen LogP) is 2.36. The minimum absolute atomic E-state index is 0.0413.